The Labute approximate surface area is 176 Å². The third-order valence-corrected chi connectivity index (χ3v) is 6.34. The molecule has 4 N–H and O–H groups in total. The largest absolute Gasteiger partial charge is 0.477 e. The van der Waals surface area contributed by atoms with E-state index in [0.717, 1.165) is 33.6 Å². The SMILES string of the molecule is Cc1c(C(=O)O)sc(NC(=O)OCC2c3ccccc3-c3ccccc32)c1C(N)=O. The Bertz CT molecular complexity index is 1140. The average molecular weight is 422 g/mol. The minimum atomic E-state index is -1.19. The van der Waals surface area contributed by atoms with Crippen molar-refractivity contribution >= 4 is 34.3 Å². The number of hydrogen-bond donors (Lipinski definition) is 3. The van der Waals surface area contributed by atoms with Gasteiger partial charge in [-0.05, 0) is 34.7 Å². The third-order valence-electron chi connectivity index (χ3n) is 5.15. The van der Waals surface area contributed by atoms with Gasteiger partial charge in [0.2, 0.25) is 0 Å². The number of fused-ring (bicyclic) bond motifs is 3. The number of thiophene rings is 1. The van der Waals surface area contributed by atoms with Crippen LogP contribution in [0.3, 0.4) is 0 Å². The first kappa shape index (κ1) is 19.7. The Morgan fingerprint density at radius 2 is 1.63 bits per heavy atom. The van der Waals surface area contributed by atoms with Crippen molar-refractivity contribution in [3.8, 4) is 11.1 Å². The summed E-state index contributed by atoms with van der Waals surface area (Å²) in [5.41, 5.74) is 9.93. The highest BCUT2D eigenvalue weighted by atomic mass is 32.1. The fourth-order valence-electron chi connectivity index (χ4n) is 3.83. The number of benzene rings is 2. The Balaban J connectivity index is 1.54. The van der Waals surface area contributed by atoms with E-state index in [9.17, 15) is 19.5 Å². The van der Waals surface area contributed by atoms with Gasteiger partial charge in [-0.2, -0.15) is 0 Å². The summed E-state index contributed by atoms with van der Waals surface area (Å²) >= 11 is 0.774. The lowest BCUT2D eigenvalue weighted by Gasteiger charge is -2.14. The second-order valence-corrected chi connectivity index (χ2v) is 7.90. The van der Waals surface area contributed by atoms with Crippen molar-refractivity contribution in [1.82, 2.24) is 0 Å². The molecule has 152 valence electrons. The number of carboxylic acids is 1. The molecular formula is C22H18N2O5S. The predicted molar refractivity (Wildman–Crippen MR) is 113 cm³/mol. The van der Waals surface area contributed by atoms with Crippen LogP contribution in [0.4, 0.5) is 9.80 Å². The van der Waals surface area contributed by atoms with Crippen molar-refractivity contribution < 1.29 is 24.2 Å². The lowest BCUT2D eigenvalue weighted by Crippen LogP contribution is -2.20. The van der Waals surface area contributed by atoms with Gasteiger partial charge in [0.1, 0.15) is 16.5 Å². The highest BCUT2D eigenvalue weighted by Crippen LogP contribution is 2.44. The van der Waals surface area contributed by atoms with Crippen molar-refractivity contribution in [3.63, 3.8) is 0 Å². The number of nitrogens with two attached hydrogens (primary N) is 1. The fourth-order valence-corrected chi connectivity index (χ4v) is 4.87. The van der Waals surface area contributed by atoms with Crippen LogP contribution in [-0.2, 0) is 4.74 Å². The van der Waals surface area contributed by atoms with Gasteiger partial charge in [-0.1, -0.05) is 48.5 Å². The summed E-state index contributed by atoms with van der Waals surface area (Å²) in [7, 11) is 0. The molecule has 1 aliphatic carbocycles. The van der Waals surface area contributed by atoms with E-state index in [2.05, 4.69) is 5.32 Å². The van der Waals surface area contributed by atoms with Crippen molar-refractivity contribution in [1.29, 1.82) is 0 Å². The summed E-state index contributed by atoms with van der Waals surface area (Å²) in [4.78, 5) is 35.5. The number of hydrogen-bond acceptors (Lipinski definition) is 5. The highest BCUT2D eigenvalue weighted by molar-refractivity contribution is 7.18. The van der Waals surface area contributed by atoms with E-state index in [-0.39, 0.29) is 33.5 Å². The maximum atomic E-state index is 12.4. The molecule has 0 bridgehead atoms. The van der Waals surface area contributed by atoms with E-state index >= 15 is 0 Å². The summed E-state index contributed by atoms with van der Waals surface area (Å²) < 4.78 is 5.45. The van der Waals surface area contributed by atoms with Gasteiger partial charge in [-0.15, -0.1) is 11.3 Å². The van der Waals surface area contributed by atoms with Gasteiger partial charge < -0.3 is 15.6 Å². The van der Waals surface area contributed by atoms with E-state index in [1.165, 1.54) is 6.92 Å². The molecule has 0 fully saturated rings. The first-order valence-electron chi connectivity index (χ1n) is 9.17. The second kappa shape index (κ2) is 7.64. The van der Waals surface area contributed by atoms with E-state index in [1.807, 2.05) is 48.5 Å². The van der Waals surface area contributed by atoms with Gasteiger partial charge in [0.05, 0.1) is 5.56 Å². The molecule has 8 heteroatoms. The van der Waals surface area contributed by atoms with E-state index in [1.54, 1.807) is 0 Å². The van der Waals surface area contributed by atoms with Crippen LogP contribution in [0.5, 0.6) is 0 Å². The van der Waals surface area contributed by atoms with Gasteiger partial charge in [0.25, 0.3) is 5.91 Å². The number of anilines is 1. The second-order valence-electron chi connectivity index (χ2n) is 6.88. The summed E-state index contributed by atoms with van der Waals surface area (Å²) in [6.45, 7) is 1.57. The number of nitrogens with one attached hydrogen (secondary N) is 1. The zero-order valence-electron chi connectivity index (χ0n) is 16.0. The van der Waals surface area contributed by atoms with Gasteiger partial charge in [0, 0.05) is 5.92 Å². The van der Waals surface area contributed by atoms with Crippen LogP contribution in [0.25, 0.3) is 11.1 Å². The predicted octanol–water partition coefficient (Wildman–Crippen LogP) is 4.21. The summed E-state index contributed by atoms with van der Waals surface area (Å²) in [6, 6.07) is 15.9. The molecule has 0 aliphatic heterocycles. The maximum absolute atomic E-state index is 12.4. The molecule has 1 aromatic heterocycles. The van der Waals surface area contributed by atoms with Crippen LogP contribution >= 0.6 is 11.3 Å². The topological polar surface area (TPSA) is 119 Å². The number of amides is 2. The minimum absolute atomic E-state index is 0.0223. The molecule has 2 aromatic carbocycles. The molecule has 7 nitrogen and oxygen atoms in total. The Hall–Kier alpha value is -3.65. The monoisotopic (exact) mass is 422 g/mol. The minimum Gasteiger partial charge on any atom is -0.477 e. The molecule has 0 atom stereocenters. The molecule has 4 rings (SSSR count). The quantitative estimate of drug-likeness (QED) is 0.569. The van der Waals surface area contributed by atoms with Crippen molar-refractivity contribution in [2.75, 3.05) is 11.9 Å². The zero-order valence-corrected chi connectivity index (χ0v) is 16.8. The number of ether oxygens (including phenoxy) is 1. The smallest absolute Gasteiger partial charge is 0.412 e. The van der Waals surface area contributed by atoms with Crippen molar-refractivity contribution in [3.05, 3.63) is 75.7 Å². The molecule has 0 saturated carbocycles. The van der Waals surface area contributed by atoms with E-state index < -0.39 is 18.0 Å². The first-order valence-corrected chi connectivity index (χ1v) is 9.98. The molecule has 0 radical (unpaired) electrons. The first-order chi connectivity index (χ1) is 14.4. The van der Waals surface area contributed by atoms with Crippen LogP contribution < -0.4 is 11.1 Å². The van der Waals surface area contributed by atoms with E-state index in [4.69, 9.17) is 10.5 Å². The van der Waals surface area contributed by atoms with Gasteiger partial charge in [-0.25, -0.2) is 9.59 Å². The highest BCUT2D eigenvalue weighted by Gasteiger charge is 2.29. The van der Waals surface area contributed by atoms with Crippen molar-refractivity contribution in [2.45, 2.75) is 12.8 Å². The zero-order chi connectivity index (χ0) is 21.4. The molecule has 1 heterocycles. The fraction of sp³-hybridized carbons (Fsp3) is 0.136. The normalized spacial score (nSPS) is 12.2. The standard InChI is InChI=1S/C22H18N2O5S/c1-11-17(19(23)25)20(30-18(11)21(26)27)24-22(28)29-10-16-14-8-4-2-6-12(14)13-7-3-5-9-15(13)16/h2-9,16H,10H2,1H3,(H2,23,25)(H,24,28)(H,26,27). The molecule has 30 heavy (non-hydrogen) atoms. The number of aromatic carboxylic acids is 1. The Morgan fingerprint density at radius 1 is 1.07 bits per heavy atom. The van der Waals surface area contributed by atoms with Crippen LogP contribution in [0, 0.1) is 6.92 Å². The molecule has 3 aromatic rings. The summed E-state index contributed by atoms with van der Waals surface area (Å²) in [5.74, 6) is -2.12. The number of carboxylic acid groups (broad SMARTS) is 1. The summed E-state index contributed by atoms with van der Waals surface area (Å²) in [6.07, 6.45) is -0.780. The van der Waals surface area contributed by atoms with Crippen LogP contribution in [0.15, 0.2) is 48.5 Å². The molecular weight excluding hydrogens is 404 g/mol. The van der Waals surface area contributed by atoms with Crippen molar-refractivity contribution in [2.24, 2.45) is 5.73 Å². The average Bonchev–Trinajstić information content (AvgIpc) is 3.21. The maximum Gasteiger partial charge on any atom is 0.412 e. The molecule has 1 aliphatic rings. The number of primary amides is 1. The number of carbonyl (C=O) groups is 3. The molecule has 0 spiro atoms. The number of rotatable bonds is 5. The van der Waals surface area contributed by atoms with E-state index in [0.29, 0.717) is 0 Å². The Kier molecular flexibility index (Phi) is 5.01. The lowest BCUT2D eigenvalue weighted by atomic mass is 9.98. The summed E-state index contributed by atoms with van der Waals surface area (Å²) in [5, 5.41) is 11.8. The van der Waals surface area contributed by atoms with Gasteiger partial charge in [-0.3, -0.25) is 10.1 Å². The molecule has 0 saturated heterocycles. The third kappa shape index (κ3) is 3.31. The van der Waals surface area contributed by atoms with Crippen LogP contribution in [0.2, 0.25) is 0 Å². The van der Waals surface area contributed by atoms with Crippen LogP contribution in [-0.4, -0.2) is 29.7 Å². The molecule has 2 amide bonds. The van der Waals surface area contributed by atoms with Gasteiger partial charge >= 0.3 is 12.1 Å². The Morgan fingerprint density at radius 3 is 2.17 bits per heavy atom. The lowest BCUT2D eigenvalue weighted by molar-refractivity contribution is 0.0701. The van der Waals surface area contributed by atoms with Gasteiger partial charge in [0.15, 0.2) is 0 Å². The number of carbonyl (C=O) groups excluding carboxylic acids is 2. The molecule has 0 unspecified atom stereocenters. The van der Waals surface area contributed by atoms with Crippen LogP contribution in [0.1, 0.15) is 42.6 Å².